The molecule has 0 aliphatic carbocycles. The highest BCUT2D eigenvalue weighted by Crippen LogP contribution is 2.31. The van der Waals surface area contributed by atoms with Gasteiger partial charge in [0.15, 0.2) is 0 Å². The van der Waals surface area contributed by atoms with E-state index >= 15 is 0 Å². The van der Waals surface area contributed by atoms with Gasteiger partial charge in [-0.2, -0.15) is 0 Å². The minimum Gasteiger partial charge on any atom is -0.472 e. The molecule has 2 aromatic heterocycles. The Morgan fingerprint density at radius 3 is 2.71 bits per heavy atom. The van der Waals surface area contributed by atoms with Crippen LogP contribution in [0.3, 0.4) is 0 Å². The first kappa shape index (κ1) is 14.4. The summed E-state index contributed by atoms with van der Waals surface area (Å²) < 4.78 is 7.42. The van der Waals surface area contributed by atoms with Gasteiger partial charge in [-0.3, -0.25) is 4.90 Å². The van der Waals surface area contributed by atoms with Crippen molar-refractivity contribution in [3.63, 3.8) is 0 Å². The standard InChI is InChI=1S/C19H19N3OS/c1-3-18-15(7-10-24-18)11-14(1)16-2-4-19(21-20-16)23-17-12-22-8-5-13(17)6-9-22/h1-4,7,10-11,13,17H,5-6,8-9,12H2/t17-/m0/s1. The molecule has 0 spiro atoms. The molecule has 3 fully saturated rings. The van der Waals surface area contributed by atoms with Gasteiger partial charge in [0.05, 0.1) is 5.69 Å². The Morgan fingerprint density at radius 1 is 1.04 bits per heavy atom. The van der Waals surface area contributed by atoms with Crippen LogP contribution in [0.15, 0.2) is 41.8 Å². The van der Waals surface area contributed by atoms with Crippen molar-refractivity contribution in [2.45, 2.75) is 18.9 Å². The third-order valence-electron chi connectivity index (χ3n) is 5.26. The molecule has 3 aliphatic heterocycles. The number of nitrogens with zero attached hydrogens (tertiary/aromatic N) is 3. The van der Waals surface area contributed by atoms with Gasteiger partial charge in [-0.25, -0.2) is 0 Å². The predicted molar refractivity (Wildman–Crippen MR) is 96.4 cm³/mol. The lowest BCUT2D eigenvalue weighted by atomic mass is 9.86. The van der Waals surface area contributed by atoms with Crippen molar-refractivity contribution >= 4 is 21.4 Å². The SMILES string of the molecule is c1cc2cc(-c3ccc(O[C@H]4CN5CCC4CC5)nn3)ccc2s1. The molecule has 3 saturated heterocycles. The predicted octanol–water partition coefficient (Wildman–Crippen LogP) is 3.83. The topological polar surface area (TPSA) is 38.2 Å². The average molecular weight is 337 g/mol. The maximum Gasteiger partial charge on any atom is 0.233 e. The van der Waals surface area contributed by atoms with E-state index in [0.29, 0.717) is 11.8 Å². The van der Waals surface area contributed by atoms with Crippen LogP contribution in [-0.2, 0) is 0 Å². The molecule has 1 atom stereocenters. The smallest absolute Gasteiger partial charge is 0.233 e. The van der Waals surface area contributed by atoms with E-state index in [1.807, 2.05) is 12.1 Å². The molecule has 0 unspecified atom stereocenters. The van der Waals surface area contributed by atoms with Gasteiger partial charge in [0.1, 0.15) is 6.10 Å². The molecule has 0 saturated carbocycles. The first-order chi connectivity index (χ1) is 11.8. The molecule has 0 amide bonds. The molecule has 4 nitrogen and oxygen atoms in total. The molecule has 0 radical (unpaired) electrons. The lowest BCUT2D eigenvalue weighted by Crippen LogP contribution is -2.52. The van der Waals surface area contributed by atoms with Crippen LogP contribution in [0.4, 0.5) is 0 Å². The Kier molecular flexibility index (Phi) is 3.49. The summed E-state index contributed by atoms with van der Waals surface area (Å²) in [7, 11) is 0. The number of piperidine rings is 3. The van der Waals surface area contributed by atoms with Crippen LogP contribution in [0.2, 0.25) is 0 Å². The van der Waals surface area contributed by atoms with Crippen molar-refractivity contribution in [1.29, 1.82) is 0 Å². The highest BCUT2D eigenvalue weighted by molar-refractivity contribution is 7.17. The number of benzene rings is 1. The van der Waals surface area contributed by atoms with E-state index in [4.69, 9.17) is 4.74 Å². The Hall–Kier alpha value is -1.98. The minimum atomic E-state index is 0.273. The number of hydrogen-bond acceptors (Lipinski definition) is 5. The van der Waals surface area contributed by atoms with E-state index in [0.717, 1.165) is 17.8 Å². The molecule has 0 N–H and O–H groups in total. The quantitative estimate of drug-likeness (QED) is 0.728. The largest absolute Gasteiger partial charge is 0.472 e. The van der Waals surface area contributed by atoms with Gasteiger partial charge in [-0.15, -0.1) is 21.5 Å². The second-order valence-corrected chi connectivity index (χ2v) is 7.67. The normalized spacial score (nSPS) is 25.9. The van der Waals surface area contributed by atoms with Crippen LogP contribution in [0.1, 0.15) is 12.8 Å². The first-order valence-corrected chi connectivity index (χ1v) is 9.43. The summed E-state index contributed by atoms with van der Waals surface area (Å²) >= 11 is 1.76. The zero-order chi connectivity index (χ0) is 15.9. The number of hydrogen-bond donors (Lipinski definition) is 0. The summed E-state index contributed by atoms with van der Waals surface area (Å²) in [6.45, 7) is 3.48. The van der Waals surface area contributed by atoms with Crippen LogP contribution in [0.25, 0.3) is 21.3 Å². The molecule has 1 aromatic carbocycles. The van der Waals surface area contributed by atoms with Crippen molar-refractivity contribution in [2.75, 3.05) is 19.6 Å². The van der Waals surface area contributed by atoms with Crippen molar-refractivity contribution in [2.24, 2.45) is 5.92 Å². The van der Waals surface area contributed by atoms with E-state index in [1.54, 1.807) is 11.3 Å². The number of rotatable bonds is 3. The number of ether oxygens (including phenoxy) is 1. The molecular formula is C19H19N3OS. The van der Waals surface area contributed by atoms with Gasteiger partial charge < -0.3 is 4.74 Å². The van der Waals surface area contributed by atoms with E-state index in [1.165, 1.54) is 36.0 Å². The average Bonchev–Trinajstić information content (AvgIpc) is 3.11. The zero-order valence-electron chi connectivity index (χ0n) is 13.4. The van der Waals surface area contributed by atoms with Gasteiger partial charge in [-0.05, 0) is 66.9 Å². The minimum absolute atomic E-state index is 0.273. The van der Waals surface area contributed by atoms with Crippen LogP contribution in [0, 0.1) is 5.92 Å². The third-order valence-corrected chi connectivity index (χ3v) is 6.15. The summed E-state index contributed by atoms with van der Waals surface area (Å²) in [6.07, 6.45) is 2.77. The highest BCUT2D eigenvalue weighted by Gasteiger charge is 2.35. The molecule has 6 rings (SSSR count). The fraction of sp³-hybridized carbons (Fsp3) is 0.368. The van der Waals surface area contributed by atoms with Gasteiger partial charge >= 0.3 is 0 Å². The van der Waals surface area contributed by atoms with E-state index in [9.17, 15) is 0 Å². The van der Waals surface area contributed by atoms with Gasteiger partial charge in [0, 0.05) is 22.9 Å². The lowest BCUT2D eigenvalue weighted by molar-refractivity contribution is -0.0103. The summed E-state index contributed by atoms with van der Waals surface area (Å²) in [6, 6.07) is 12.5. The zero-order valence-corrected chi connectivity index (χ0v) is 14.2. The van der Waals surface area contributed by atoms with Crippen LogP contribution in [-0.4, -0.2) is 40.8 Å². The maximum atomic E-state index is 6.12. The van der Waals surface area contributed by atoms with Crippen LogP contribution >= 0.6 is 11.3 Å². The number of fused-ring (bicyclic) bond motifs is 4. The third kappa shape index (κ3) is 2.58. The summed E-state index contributed by atoms with van der Waals surface area (Å²) in [5.41, 5.74) is 1.99. The fourth-order valence-corrected chi connectivity index (χ4v) is 4.63. The molecule has 3 aliphatic rings. The second-order valence-electron chi connectivity index (χ2n) is 6.72. The molecule has 122 valence electrons. The Labute approximate surface area is 145 Å². The molecular weight excluding hydrogens is 318 g/mol. The summed E-state index contributed by atoms with van der Waals surface area (Å²) in [4.78, 5) is 2.49. The molecule has 2 bridgehead atoms. The van der Waals surface area contributed by atoms with E-state index < -0.39 is 0 Å². The van der Waals surface area contributed by atoms with Crippen molar-refractivity contribution < 1.29 is 4.74 Å². The lowest BCUT2D eigenvalue weighted by Gasteiger charge is -2.44. The Balaban J connectivity index is 1.35. The summed E-state index contributed by atoms with van der Waals surface area (Å²) in [5.74, 6) is 1.33. The number of thiophene rings is 1. The van der Waals surface area contributed by atoms with Crippen LogP contribution in [0.5, 0.6) is 5.88 Å². The van der Waals surface area contributed by atoms with Crippen molar-refractivity contribution in [3.8, 4) is 17.1 Å². The number of aromatic nitrogens is 2. The summed E-state index contributed by atoms with van der Waals surface area (Å²) in [5, 5.41) is 12.1. The first-order valence-electron chi connectivity index (χ1n) is 8.55. The molecule has 5 heteroatoms. The second kappa shape index (κ2) is 5.83. The molecule has 3 aromatic rings. The van der Waals surface area contributed by atoms with Gasteiger partial charge in [0.25, 0.3) is 0 Å². The Morgan fingerprint density at radius 2 is 1.96 bits per heavy atom. The monoisotopic (exact) mass is 337 g/mol. The van der Waals surface area contributed by atoms with Crippen LogP contribution < -0.4 is 4.74 Å². The van der Waals surface area contributed by atoms with Crippen molar-refractivity contribution in [1.82, 2.24) is 15.1 Å². The molecule has 24 heavy (non-hydrogen) atoms. The molecule has 5 heterocycles. The Bertz CT molecular complexity index is 852. The maximum absolute atomic E-state index is 6.12. The van der Waals surface area contributed by atoms with Gasteiger partial charge in [-0.1, -0.05) is 6.07 Å². The van der Waals surface area contributed by atoms with Gasteiger partial charge in [0.2, 0.25) is 5.88 Å². The fourth-order valence-electron chi connectivity index (χ4n) is 3.86. The van der Waals surface area contributed by atoms with Crippen molar-refractivity contribution in [3.05, 3.63) is 41.8 Å². The van der Waals surface area contributed by atoms with E-state index in [-0.39, 0.29) is 6.10 Å². The van der Waals surface area contributed by atoms with E-state index in [2.05, 4.69) is 44.7 Å². The highest BCUT2D eigenvalue weighted by atomic mass is 32.1.